The third kappa shape index (κ3) is 1.87. The van der Waals surface area contributed by atoms with E-state index in [1.165, 1.54) is 24.7 Å². The number of aromatic nitrogens is 2. The highest BCUT2D eigenvalue weighted by Crippen LogP contribution is 2.28. The Kier molecular flexibility index (Phi) is 2.73. The van der Waals surface area contributed by atoms with Crippen LogP contribution in [-0.4, -0.2) is 9.97 Å². The van der Waals surface area contributed by atoms with Crippen LogP contribution >= 0.6 is 15.9 Å². The molecule has 0 radical (unpaired) electrons. The Morgan fingerprint density at radius 1 is 1.13 bits per heavy atom. The van der Waals surface area contributed by atoms with Gasteiger partial charge >= 0.3 is 0 Å². The van der Waals surface area contributed by atoms with E-state index in [4.69, 9.17) is 0 Å². The number of nitrogens with zero attached hydrogens (tertiary/aromatic N) is 2. The van der Waals surface area contributed by atoms with Crippen molar-refractivity contribution in [1.82, 2.24) is 9.97 Å². The zero-order valence-corrected chi connectivity index (χ0v) is 9.00. The van der Waals surface area contributed by atoms with Crippen molar-refractivity contribution in [3.63, 3.8) is 0 Å². The van der Waals surface area contributed by atoms with Crippen LogP contribution < -0.4 is 0 Å². The summed E-state index contributed by atoms with van der Waals surface area (Å²) in [4.78, 5) is 7.61. The summed E-state index contributed by atoms with van der Waals surface area (Å²) in [6.45, 7) is 0. The number of halogens is 3. The van der Waals surface area contributed by atoms with Crippen LogP contribution in [0.15, 0.2) is 35.3 Å². The molecule has 1 aromatic carbocycles. The van der Waals surface area contributed by atoms with Crippen LogP contribution in [0.4, 0.5) is 8.78 Å². The lowest BCUT2D eigenvalue weighted by atomic mass is 10.1. The van der Waals surface area contributed by atoms with Crippen molar-refractivity contribution in [3.05, 3.63) is 47.0 Å². The number of benzene rings is 1. The van der Waals surface area contributed by atoms with Crippen molar-refractivity contribution >= 4 is 15.9 Å². The minimum atomic E-state index is -0.895. The maximum absolute atomic E-state index is 13.4. The fraction of sp³-hybridized carbons (Fsp3) is 0. The molecule has 0 bridgehead atoms. The Morgan fingerprint density at radius 3 is 2.67 bits per heavy atom. The molecule has 1 heterocycles. The second-order valence-corrected chi connectivity index (χ2v) is 3.58. The molecular formula is C10H5BrF2N2. The second-order valence-electron chi connectivity index (χ2n) is 2.83. The van der Waals surface area contributed by atoms with Crippen LogP contribution in [0.5, 0.6) is 0 Å². The summed E-state index contributed by atoms with van der Waals surface area (Å²) in [6.07, 6.45) is 2.75. The lowest BCUT2D eigenvalue weighted by Gasteiger charge is -2.04. The van der Waals surface area contributed by atoms with Crippen molar-refractivity contribution in [2.75, 3.05) is 0 Å². The molecule has 5 heteroatoms. The van der Waals surface area contributed by atoms with Gasteiger partial charge in [0.2, 0.25) is 0 Å². The summed E-state index contributed by atoms with van der Waals surface area (Å²) in [7, 11) is 0. The minimum absolute atomic E-state index is 0.141. The number of hydrogen-bond acceptors (Lipinski definition) is 2. The highest BCUT2D eigenvalue weighted by Gasteiger charge is 2.12. The predicted octanol–water partition coefficient (Wildman–Crippen LogP) is 3.18. The van der Waals surface area contributed by atoms with Crippen LogP contribution in [0.25, 0.3) is 11.1 Å². The highest BCUT2D eigenvalue weighted by atomic mass is 79.9. The molecule has 0 saturated heterocycles. The normalized spacial score (nSPS) is 10.3. The number of rotatable bonds is 1. The van der Waals surface area contributed by atoms with Crippen LogP contribution in [-0.2, 0) is 0 Å². The largest absolute Gasteiger partial charge is 0.244 e. The summed E-state index contributed by atoms with van der Waals surface area (Å²) in [5.74, 6) is -1.78. The van der Waals surface area contributed by atoms with Gasteiger partial charge in [-0.3, -0.25) is 0 Å². The van der Waals surface area contributed by atoms with Crippen molar-refractivity contribution in [1.29, 1.82) is 0 Å². The Labute approximate surface area is 93.1 Å². The molecule has 2 aromatic rings. The summed E-state index contributed by atoms with van der Waals surface area (Å²) in [5, 5.41) is 0. The molecule has 0 saturated carbocycles. The van der Waals surface area contributed by atoms with Gasteiger partial charge in [-0.1, -0.05) is 12.1 Å². The van der Waals surface area contributed by atoms with Gasteiger partial charge in [0, 0.05) is 17.3 Å². The average molecular weight is 271 g/mol. The molecule has 0 aliphatic carbocycles. The summed E-state index contributed by atoms with van der Waals surface area (Å²) >= 11 is 3.15. The first-order valence-electron chi connectivity index (χ1n) is 4.10. The van der Waals surface area contributed by atoms with E-state index in [9.17, 15) is 8.78 Å². The molecule has 0 N–H and O–H groups in total. The fourth-order valence-electron chi connectivity index (χ4n) is 1.21. The third-order valence-electron chi connectivity index (χ3n) is 1.91. The molecule has 15 heavy (non-hydrogen) atoms. The van der Waals surface area contributed by atoms with Crippen LogP contribution in [0.3, 0.4) is 0 Å². The van der Waals surface area contributed by atoms with Gasteiger partial charge in [-0.05, 0) is 22.0 Å². The lowest BCUT2D eigenvalue weighted by molar-refractivity contribution is 0.511. The van der Waals surface area contributed by atoms with Crippen molar-refractivity contribution in [2.24, 2.45) is 0 Å². The van der Waals surface area contributed by atoms with E-state index in [0.717, 1.165) is 6.07 Å². The molecule has 0 aliphatic rings. The van der Waals surface area contributed by atoms with Gasteiger partial charge in [-0.15, -0.1) is 0 Å². The van der Waals surface area contributed by atoms with Gasteiger partial charge in [0.25, 0.3) is 0 Å². The van der Waals surface area contributed by atoms with E-state index >= 15 is 0 Å². The molecule has 2 rings (SSSR count). The topological polar surface area (TPSA) is 25.8 Å². The lowest BCUT2D eigenvalue weighted by Crippen LogP contribution is -1.92. The molecule has 1 aromatic heterocycles. The maximum atomic E-state index is 13.4. The van der Waals surface area contributed by atoms with Crippen LogP contribution in [0.2, 0.25) is 0 Å². The molecule has 0 fully saturated rings. The van der Waals surface area contributed by atoms with Crippen molar-refractivity contribution in [3.8, 4) is 11.1 Å². The average Bonchev–Trinajstić information content (AvgIpc) is 2.23. The zero-order chi connectivity index (χ0) is 10.8. The molecule has 2 nitrogen and oxygen atoms in total. The highest BCUT2D eigenvalue weighted by molar-refractivity contribution is 9.10. The summed E-state index contributed by atoms with van der Waals surface area (Å²) in [5.41, 5.74) is 0.567. The van der Waals surface area contributed by atoms with Gasteiger partial charge < -0.3 is 0 Å². The molecule has 0 unspecified atom stereocenters. The SMILES string of the molecule is Fc1cccc(-c2cncnc2Br)c1F. The maximum Gasteiger partial charge on any atom is 0.166 e. The minimum Gasteiger partial charge on any atom is -0.244 e. The van der Waals surface area contributed by atoms with Gasteiger partial charge in [0.05, 0.1) is 0 Å². The van der Waals surface area contributed by atoms with E-state index in [1.54, 1.807) is 0 Å². The second kappa shape index (κ2) is 4.02. The Bertz CT molecular complexity index is 503. The van der Waals surface area contributed by atoms with Crippen molar-refractivity contribution in [2.45, 2.75) is 0 Å². The Morgan fingerprint density at radius 2 is 1.93 bits per heavy atom. The van der Waals surface area contributed by atoms with Gasteiger partial charge in [0.15, 0.2) is 11.6 Å². The predicted molar refractivity (Wildman–Crippen MR) is 55.1 cm³/mol. The molecule has 0 spiro atoms. The third-order valence-corrected chi connectivity index (χ3v) is 2.54. The fourth-order valence-corrected chi connectivity index (χ4v) is 1.61. The van der Waals surface area contributed by atoms with E-state index < -0.39 is 11.6 Å². The van der Waals surface area contributed by atoms with E-state index in [-0.39, 0.29) is 5.56 Å². The smallest absolute Gasteiger partial charge is 0.166 e. The first kappa shape index (κ1) is 10.2. The molecule has 0 atom stereocenters. The first-order chi connectivity index (χ1) is 7.20. The molecule has 0 amide bonds. The van der Waals surface area contributed by atoms with Crippen LogP contribution in [0.1, 0.15) is 0 Å². The van der Waals surface area contributed by atoms with Crippen molar-refractivity contribution < 1.29 is 8.78 Å². The van der Waals surface area contributed by atoms with Gasteiger partial charge in [-0.25, -0.2) is 18.7 Å². The van der Waals surface area contributed by atoms with Gasteiger partial charge in [0.1, 0.15) is 10.9 Å². The van der Waals surface area contributed by atoms with Crippen LogP contribution in [0, 0.1) is 11.6 Å². The Hall–Kier alpha value is -1.36. The van der Waals surface area contributed by atoms with E-state index in [1.807, 2.05) is 0 Å². The Balaban J connectivity index is 2.65. The van der Waals surface area contributed by atoms with Gasteiger partial charge in [-0.2, -0.15) is 0 Å². The summed E-state index contributed by atoms with van der Waals surface area (Å²) in [6, 6.07) is 3.98. The zero-order valence-electron chi connectivity index (χ0n) is 7.42. The number of hydrogen-bond donors (Lipinski definition) is 0. The molecule has 76 valence electrons. The quantitative estimate of drug-likeness (QED) is 0.744. The molecular weight excluding hydrogens is 266 g/mol. The van der Waals surface area contributed by atoms with E-state index in [0.29, 0.717) is 10.2 Å². The summed E-state index contributed by atoms with van der Waals surface area (Å²) < 4.78 is 26.8. The van der Waals surface area contributed by atoms with E-state index in [2.05, 4.69) is 25.9 Å². The first-order valence-corrected chi connectivity index (χ1v) is 4.89. The standard InChI is InChI=1S/C10H5BrF2N2/c11-10-7(4-14-5-15-10)6-2-1-3-8(12)9(6)13/h1-5H. The molecule has 0 aliphatic heterocycles. The monoisotopic (exact) mass is 270 g/mol.